The first-order chi connectivity index (χ1) is 6.99. The van der Waals surface area contributed by atoms with Gasteiger partial charge in [0.1, 0.15) is 0 Å². The van der Waals surface area contributed by atoms with Gasteiger partial charge in [-0.25, -0.2) is 8.78 Å². The molecule has 1 aliphatic rings. The summed E-state index contributed by atoms with van der Waals surface area (Å²) in [6, 6.07) is 3.59. The summed E-state index contributed by atoms with van der Waals surface area (Å²) in [5.74, 6) is -1.24. The molecular weight excluding hydrogens is 198 g/mol. The minimum atomic E-state index is -1.05. The molecule has 0 bridgehead atoms. The average molecular weight is 212 g/mol. The zero-order valence-corrected chi connectivity index (χ0v) is 8.63. The Labute approximate surface area is 87.7 Å². The third-order valence-corrected chi connectivity index (χ3v) is 2.92. The fourth-order valence-corrected chi connectivity index (χ4v) is 1.83. The normalized spacial score (nSPS) is 20.0. The number of rotatable bonds is 3. The highest BCUT2D eigenvalue weighted by atomic mass is 19.2. The Morgan fingerprint density at radius 2 is 2.00 bits per heavy atom. The topological polar surface area (TPSA) is 20.2 Å². The maximum atomic E-state index is 13.0. The van der Waals surface area contributed by atoms with E-state index in [1.807, 2.05) is 0 Å². The van der Waals surface area contributed by atoms with Crippen LogP contribution in [0.2, 0.25) is 0 Å². The molecule has 1 unspecified atom stereocenters. The Hall–Kier alpha value is -0.960. The van der Waals surface area contributed by atoms with E-state index in [1.165, 1.54) is 6.07 Å². The maximum absolute atomic E-state index is 13.0. The van der Waals surface area contributed by atoms with Gasteiger partial charge in [0.2, 0.25) is 0 Å². The van der Waals surface area contributed by atoms with Gasteiger partial charge in [-0.1, -0.05) is 18.9 Å². The van der Waals surface area contributed by atoms with Crippen molar-refractivity contribution in [1.82, 2.24) is 0 Å². The van der Waals surface area contributed by atoms with E-state index in [-0.39, 0.29) is 0 Å². The molecule has 0 saturated heterocycles. The molecule has 2 rings (SSSR count). The lowest BCUT2D eigenvalue weighted by atomic mass is 9.90. The SMILES string of the molecule is CC(O)(CC1CC1)c1ccc(F)c(F)c1. The summed E-state index contributed by atoms with van der Waals surface area (Å²) in [5, 5.41) is 10.1. The summed E-state index contributed by atoms with van der Waals surface area (Å²) in [4.78, 5) is 0. The number of aliphatic hydroxyl groups is 1. The highest BCUT2D eigenvalue weighted by molar-refractivity contribution is 5.23. The molecule has 1 nitrogen and oxygen atoms in total. The molecule has 0 heterocycles. The van der Waals surface area contributed by atoms with Crippen molar-refractivity contribution in [1.29, 1.82) is 0 Å². The zero-order chi connectivity index (χ0) is 11.1. The van der Waals surface area contributed by atoms with Gasteiger partial charge in [-0.05, 0) is 37.0 Å². The van der Waals surface area contributed by atoms with Crippen molar-refractivity contribution in [3.63, 3.8) is 0 Å². The number of halogens is 2. The van der Waals surface area contributed by atoms with Crippen molar-refractivity contribution in [2.24, 2.45) is 5.92 Å². The summed E-state index contributed by atoms with van der Waals surface area (Å²) >= 11 is 0. The highest BCUT2D eigenvalue weighted by Crippen LogP contribution is 2.40. The van der Waals surface area contributed by atoms with Crippen LogP contribution in [0.25, 0.3) is 0 Å². The minimum Gasteiger partial charge on any atom is -0.385 e. The first-order valence-electron chi connectivity index (χ1n) is 5.17. The van der Waals surface area contributed by atoms with Crippen LogP contribution in [0.3, 0.4) is 0 Å². The van der Waals surface area contributed by atoms with Crippen molar-refractivity contribution in [3.8, 4) is 0 Å². The molecule has 1 N–H and O–H groups in total. The molecule has 1 aliphatic carbocycles. The van der Waals surface area contributed by atoms with Crippen molar-refractivity contribution in [2.45, 2.75) is 31.8 Å². The lowest BCUT2D eigenvalue weighted by Gasteiger charge is -2.23. The van der Waals surface area contributed by atoms with Crippen LogP contribution in [0.1, 0.15) is 31.7 Å². The Kier molecular flexibility index (Phi) is 2.51. The van der Waals surface area contributed by atoms with Crippen LogP contribution in [-0.4, -0.2) is 5.11 Å². The summed E-state index contributed by atoms with van der Waals surface area (Å²) in [5.41, 5.74) is -0.594. The first kappa shape index (κ1) is 10.6. The molecule has 1 aromatic carbocycles. The monoisotopic (exact) mass is 212 g/mol. The number of hydrogen-bond donors (Lipinski definition) is 1. The fourth-order valence-electron chi connectivity index (χ4n) is 1.83. The average Bonchev–Trinajstić information content (AvgIpc) is 2.92. The molecule has 0 aromatic heterocycles. The Morgan fingerprint density at radius 3 is 2.53 bits per heavy atom. The van der Waals surface area contributed by atoms with Crippen LogP contribution in [0.15, 0.2) is 18.2 Å². The summed E-state index contributed by atoms with van der Waals surface area (Å²) in [6.07, 6.45) is 2.87. The van der Waals surface area contributed by atoms with Crippen LogP contribution in [0, 0.1) is 17.6 Å². The molecule has 0 radical (unpaired) electrons. The Morgan fingerprint density at radius 1 is 1.33 bits per heavy atom. The predicted molar refractivity (Wildman–Crippen MR) is 53.3 cm³/mol. The van der Waals surface area contributed by atoms with Crippen LogP contribution < -0.4 is 0 Å². The van der Waals surface area contributed by atoms with Crippen molar-refractivity contribution in [2.75, 3.05) is 0 Å². The van der Waals surface area contributed by atoms with Crippen molar-refractivity contribution >= 4 is 0 Å². The third kappa shape index (κ3) is 2.34. The summed E-state index contributed by atoms with van der Waals surface area (Å²) in [6.45, 7) is 1.65. The van der Waals surface area contributed by atoms with Gasteiger partial charge in [0.25, 0.3) is 0 Å². The lowest BCUT2D eigenvalue weighted by Crippen LogP contribution is -2.22. The van der Waals surface area contributed by atoms with E-state index in [0.29, 0.717) is 17.9 Å². The number of benzene rings is 1. The summed E-state index contributed by atoms with van der Waals surface area (Å²) in [7, 11) is 0. The predicted octanol–water partition coefficient (Wildman–Crippen LogP) is 2.97. The van der Waals surface area contributed by atoms with E-state index in [1.54, 1.807) is 6.92 Å². The van der Waals surface area contributed by atoms with Gasteiger partial charge < -0.3 is 5.11 Å². The lowest BCUT2D eigenvalue weighted by molar-refractivity contribution is 0.0413. The largest absolute Gasteiger partial charge is 0.385 e. The zero-order valence-electron chi connectivity index (χ0n) is 8.63. The third-order valence-electron chi connectivity index (χ3n) is 2.92. The van der Waals surface area contributed by atoms with E-state index in [0.717, 1.165) is 25.0 Å². The molecule has 0 aliphatic heterocycles. The van der Waals surface area contributed by atoms with E-state index in [9.17, 15) is 13.9 Å². The van der Waals surface area contributed by atoms with Crippen LogP contribution in [-0.2, 0) is 5.60 Å². The fraction of sp³-hybridized carbons (Fsp3) is 0.500. The Bertz CT molecular complexity index is 370. The molecule has 0 spiro atoms. The van der Waals surface area contributed by atoms with E-state index >= 15 is 0 Å². The van der Waals surface area contributed by atoms with E-state index in [4.69, 9.17) is 0 Å². The minimum absolute atomic E-state index is 0.452. The molecule has 1 atom stereocenters. The molecule has 1 saturated carbocycles. The van der Waals surface area contributed by atoms with Gasteiger partial charge in [-0.3, -0.25) is 0 Å². The van der Waals surface area contributed by atoms with Gasteiger partial charge >= 0.3 is 0 Å². The molecule has 1 fully saturated rings. The Balaban J connectivity index is 2.22. The molecule has 0 amide bonds. The van der Waals surface area contributed by atoms with Crippen LogP contribution in [0.5, 0.6) is 0 Å². The second-order valence-electron chi connectivity index (χ2n) is 4.55. The smallest absolute Gasteiger partial charge is 0.159 e. The van der Waals surface area contributed by atoms with Gasteiger partial charge in [0.15, 0.2) is 11.6 Å². The van der Waals surface area contributed by atoms with Crippen molar-refractivity contribution in [3.05, 3.63) is 35.4 Å². The molecule has 82 valence electrons. The van der Waals surface area contributed by atoms with E-state index < -0.39 is 17.2 Å². The van der Waals surface area contributed by atoms with E-state index in [2.05, 4.69) is 0 Å². The number of hydrogen-bond acceptors (Lipinski definition) is 1. The molecule has 1 aromatic rings. The van der Waals surface area contributed by atoms with Gasteiger partial charge in [-0.15, -0.1) is 0 Å². The quantitative estimate of drug-likeness (QED) is 0.816. The molecular formula is C12H14F2O. The van der Waals surface area contributed by atoms with Gasteiger partial charge in [0.05, 0.1) is 5.60 Å². The van der Waals surface area contributed by atoms with Crippen molar-refractivity contribution < 1.29 is 13.9 Å². The second kappa shape index (κ2) is 3.56. The highest BCUT2D eigenvalue weighted by Gasteiger charge is 2.33. The van der Waals surface area contributed by atoms with Gasteiger partial charge in [-0.2, -0.15) is 0 Å². The molecule has 3 heteroatoms. The van der Waals surface area contributed by atoms with Crippen LogP contribution in [0.4, 0.5) is 8.78 Å². The second-order valence-corrected chi connectivity index (χ2v) is 4.55. The standard InChI is InChI=1S/C12H14F2O/c1-12(15,7-8-2-3-8)9-4-5-10(13)11(14)6-9/h4-6,8,15H,2-3,7H2,1H3. The molecule has 15 heavy (non-hydrogen) atoms. The maximum Gasteiger partial charge on any atom is 0.159 e. The summed E-state index contributed by atoms with van der Waals surface area (Å²) < 4.78 is 25.7. The van der Waals surface area contributed by atoms with Crippen LogP contribution >= 0.6 is 0 Å². The first-order valence-corrected chi connectivity index (χ1v) is 5.17. The van der Waals surface area contributed by atoms with Gasteiger partial charge in [0, 0.05) is 0 Å².